The molecule has 8 nitrogen and oxygen atoms in total. The summed E-state index contributed by atoms with van der Waals surface area (Å²) in [4.78, 5) is 9.09. The number of rotatable bonds is 7. The number of anilines is 1. The first kappa shape index (κ1) is 24.0. The number of hydrogen-bond donors (Lipinski definition) is 0. The smallest absolute Gasteiger partial charge is 0.231 e. The maximum absolute atomic E-state index is 6.42. The molecule has 0 spiro atoms. The third-order valence-electron chi connectivity index (χ3n) is 8.06. The molecule has 1 fully saturated rings. The van der Waals surface area contributed by atoms with Crippen molar-refractivity contribution in [1.82, 2.24) is 9.88 Å². The van der Waals surface area contributed by atoms with E-state index >= 15 is 0 Å². The van der Waals surface area contributed by atoms with Crippen LogP contribution in [0.3, 0.4) is 0 Å². The highest BCUT2D eigenvalue weighted by Gasteiger charge is 2.28. The van der Waals surface area contributed by atoms with Gasteiger partial charge in [0.1, 0.15) is 0 Å². The minimum Gasteiger partial charge on any atom is -0.493 e. The van der Waals surface area contributed by atoms with Gasteiger partial charge in [0.25, 0.3) is 0 Å². The summed E-state index contributed by atoms with van der Waals surface area (Å²) in [5, 5.41) is 2.21. The molecule has 3 aliphatic rings. The van der Waals surface area contributed by atoms with Crippen molar-refractivity contribution in [3.05, 3.63) is 66.6 Å². The van der Waals surface area contributed by atoms with E-state index in [0.717, 1.165) is 85.9 Å². The van der Waals surface area contributed by atoms with Gasteiger partial charge in [0.15, 0.2) is 35.7 Å². The van der Waals surface area contributed by atoms with Crippen LogP contribution in [-0.4, -0.2) is 63.1 Å². The summed E-state index contributed by atoms with van der Waals surface area (Å²) in [5.74, 6) is 3.26. The van der Waals surface area contributed by atoms with E-state index in [-0.39, 0.29) is 6.79 Å². The van der Waals surface area contributed by atoms with Crippen LogP contribution in [0.5, 0.6) is 23.0 Å². The monoisotopic (exact) mass is 525 g/mol. The molecular weight excluding hydrogens is 492 g/mol. The number of hydrogen-bond acceptors (Lipinski definition) is 7. The van der Waals surface area contributed by atoms with Crippen molar-refractivity contribution in [2.45, 2.75) is 19.4 Å². The summed E-state index contributed by atoms with van der Waals surface area (Å²) in [5.41, 5.74) is 4.94. The van der Waals surface area contributed by atoms with Gasteiger partial charge in [-0.2, -0.15) is 4.57 Å². The van der Waals surface area contributed by atoms with Crippen molar-refractivity contribution in [3.63, 3.8) is 0 Å². The Morgan fingerprint density at radius 2 is 1.79 bits per heavy atom. The van der Waals surface area contributed by atoms with Crippen molar-refractivity contribution < 1.29 is 23.5 Å². The highest BCUT2D eigenvalue weighted by molar-refractivity contribution is 5.91. The van der Waals surface area contributed by atoms with Gasteiger partial charge in [-0.1, -0.05) is 0 Å². The van der Waals surface area contributed by atoms with E-state index in [2.05, 4.69) is 61.9 Å². The van der Waals surface area contributed by atoms with Crippen molar-refractivity contribution in [3.8, 4) is 34.3 Å². The topological polar surface area (TPSA) is 60.2 Å². The highest BCUT2D eigenvalue weighted by atomic mass is 16.7. The zero-order valence-corrected chi connectivity index (χ0v) is 22.3. The van der Waals surface area contributed by atoms with Gasteiger partial charge in [-0.05, 0) is 53.8 Å². The first-order valence-electron chi connectivity index (χ1n) is 13.7. The van der Waals surface area contributed by atoms with Gasteiger partial charge in [-0.15, -0.1) is 0 Å². The van der Waals surface area contributed by atoms with Crippen LogP contribution >= 0.6 is 0 Å². The number of aryl methyl sites for hydroxylation is 2. The zero-order chi connectivity index (χ0) is 26.2. The molecule has 0 amide bonds. The van der Waals surface area contributed by atoms with Gasteiger partial charge >= 0.3 is 0 Å². The standard InChI is InChI=1S/C31H33N4O4/c1-36-28-4-3-22-17-27-25-19-30-29(38-21-39-30)18-23(25)7-11-35(27)20-26(22)31(28)37-16-2-10-33-12-14-34(15-13-33)24-5-8-32-9-6-24/h3-6,8-9,17-20H,2,7,10-16,21H2,1H3/q+1. The van der Waals surface area contributed by atoms with Gasteiger partial charge in [0.2, 0.25) is 12.5 Å². The van der Waals surface area contributed by atoms with Gasteiger partial charge in [0.05, 0.1) is 24.7 Å². The number of piperazine rings is 1. The molecule has 0 radical (unpaired) electrons. The Labute approximate surface area is 228 Å². The molecule has 0 bridgehead atoms. The van der Waals surface area contributed by atoms with Crippen LogP contribution < -0.4 is 28.4 Å². The minimum atomic E-state index is 0.290. The van der Waals surface area contributed by atoms with Crippen molar-refractivity contribution in [2.24, 2.45) is 0 Å². The molecule has 8 heteroatoms. The number of benzene rings is 2. The maximum Gasteiger partial charge on any atom is 0.231 e. The quantitative estimate of drug-likeness (QED) is 0.266. The Morgan fingerprint density at radius 3 is 2.62 bits per heavy atom. The molecule has 39 heavy (non-hydrogen) atoms. The van der Waals surface area contributed by atoms with Crippen molar-refractivity contribution in [1.29, 1.82) is 0 Å². The Kier molecular flexibility index (Phi) is 6.32. The number of nitrogens with zero attached hydrogens (tertiary/aromatic N) is 4. The van der Waals surface area contributed by atoms with Crippen LogP contribution in [0.25, 0.3) is 22.0 Å². The highest BCUT2D eigenvalue weighted by Crippen LogP contribution is 2.41. The van der Waals surface area contributed by atoms with E-state index < -0.39 is 0 Å². The molecule has 2 aromatic carbocycles. The van der Waals surface area contributed by atoms with E-state index in [1.165, 1.54) is 22.5 Å². The number of fused-ring (bicyclic) bond motifs is 5. The maximum atomic E-state index is 6.42. The van der Waals surface area contributed by atoms with E-state index in [1.54, 1.807) is 7.11 Å². The summed E-state index contributed by atoms with van der Waals surface area (Å²) in [6, 6.07) is 14.8. The molecule has 200 valence electrons. The first-order valence-corrected chi connectivity index (χ1v) is 13.7. The molecule has 1 saturated heterocycles. The molecule has 3 aliphatic heterocycles. The summed E-state index contributed by atoms with van der Waals surface area (Å²) in [6.07, 6.45) is 7.86. The van der Waals surface area contributed by atoms with Crippen molar-refractivity contribution >= 4 is 16.5 Å². The average Bonchev–Trinajstić information content (AvgIpc) is 3.45. The Balaban J connectivity index is 1.05. The molecule has 0 aliphatic carbocycles. The van der Waals surface area contributed by atoms with Crippen LogP contribution in [0.15, 0.2) is 61.1 Å². The van der Waals surface area contributed by atoms with E-state index in [1.807, 2.05) is 18.5 Å². The zero-order valence-electron chi connectivity index (χ0n) is 22.3. The van der Waals surface area contributed by atoms with E-state index in [0.29, 0.717) is 6.61 Å². The van der Waals surface area contributed by atoms with Gasteiger partial charge < -0.3 is 23.8 Å². The van der Waals surface area contributed by atoms with Gasteiger partial charge in [-0.3, -0.25) is 9.88 Å². The Bertz CT molecular complexity index is 1500. The first-order chi connectivity index (χ1) is 19.3. The molecule has 2 aromatic heterocycles. The van der Waals surface area contributed by atoms with E-state index in [4.69, 9.17) is 18.9 Å². The summed E-state index contributed by atoms with van der Waals surface area (Å²) in [6.45, 7) is 7.06. The molecule has 0 N–H and O–H groups in total. The van der Waals surface area contributed by atoms with Crippen LogP contribution in [0.4, 0.5) is 5.69 Å². The lowest BCUT2D eigenvalue weighted by Crippen LogP contribution is -2.46. The molecule has 7 rings (SSSR count). The van der Waals surface area contributed by atoms with Crippen LogP contribution in [0.2, 0.25) is 0 Å². The fraction of sp³-hybridized carbons (Fsp3) is 0.355. The third-order valence-corrected chi connectivity index (χ3v) is 8.06. The molecular formula is C31H33N4O4+. The van der Waals surface area contributed by atoms with Crippen LogP contribution in [-0.2, 0) is 13.0 Å². The Morgan fingerprint density at radius 1 is 0.974 bits per heavy atom. The van der Waals surface area contributed by atoms with Gasteiger partial charge in [-0.25, -0.2) is 0 Å². The summed E-state index contributed by atoms with van der Waals surface area (Å²) < 4.78 is 25.7. The lowest BCUT2D eigenvalue weighted by atomic mass is 9.95. The number of pyridine rings is 2. The summed E-state index contributed by atoms with van der Waals surface area (Å²) >= 11 is 0. The SMILES string of the molecule is COc1ccc2cc3[n+](cc2c1OCCCN1CCN(c2ccncc2)CC1)CCc1cc2c(cc1-3)OCO2. The largest absolute Gasteiger partial charge is 0.493 e. The number of methoxy groups -OCH3 is 1. The molecule has 5 heterocycles. The van der Waals surface area contributed by atoms with Crippen LogP contribution in [0, 0.1) is 0 Å². The normalized spacial score (nSPS) is 16.2. The number of aromatic nitrogens is 2. The second-order valence-corrected chi connectivity index (χ2v) is 10.3. The lowest BCUT2D eigenvalue weighted by Gasteiger charge is -2.36. The summed E-state index contributed by atoms with van der Waals surface area (Å²) in [7, 11) is 1.71. The average molecular weight is 526 g/mol. The minimum absolute atomic E-state index is 0.290. The fourth-order valence-corrected chi connectivity index (χ4v) is 5.95. The van der Waals surface area contributed by atoms with Gasteiger partial charge in [0, 0.05) is 63.3 Å². The fourth-order valence-electron chi connectivity index (χ4n) is 5.95. The molecule has 0 atom stereocenters. The third kappa shape index (κ3) is 4.59. The molecule has 4 aromatic rings. The lowest BCUT2D eigenvalue weighted by molar-refractivity contribution is -0.686. The molecule has 0 saturated carbocycles. The second-order valence-electron chi connectivity index (χ2n) is 10.3. The number of ether oxygens (including phenoxy) is 4. The predicted octanol–water partition coefficient (Wildman–Crippen LogP) is 4.07. The second kappa shape index (κ2) is 10.3. The predicted molar refractivity (Wildman–Crippen MR) is 149 cm³/mol. The Hall–Kier alpha value is -4.04. The molecule has 0 unspecified atom stereocenters. The van der Waals surface area contributed by atoms with Crippen LogP contribution in [0.1, 0.15) is 12.0 Å². The van der Waals surface area contributed by atoms with Crippen molar-refractivity contribution in [2.75, 3.05) is 58.1 Å². The van der Waals surface area contributed by atoms with E-state index in [9.17, 15) is 0 Å².